The van der Waals surface area contributed by atoms with E-state index >= 15 is 0 Å². The van der Waals surface area contributed by atoms with E-state index in [0.717, 1.165) is 21.4 Å². The Balaban J connectivity index is 4.78. The lowest BCUT2D eigenvalue weighted by Gasteiger charge is -2.61. The molecule has 1 aliphatic carbocycles. The highest BCUT2D eigenvalue weighted by molar-refractivity contribution is 6.93. The van der Waals surface area contributed by atoms with E-state index in [1.807, 2.05) is 0 Å². The van der Waals surface area contributed by atoms with E-state index in [-0.39, 0.29) is 0 Å². The van der Waals surface area contributed by atoms with Gasteiger partial charge in [0.05, 0.1) is 26.2 Å². The molecule has 1 atom stereocenters. The van der Waals surface area contributed by atoms with Crippen LogP contribution in [0.2, 0.25) is 118 Å². The molecule has 1 unspecified atom stereocenters. The molecule has 0 heterocycles. The van der Waals surface area contributed by atoms with Gasteiger partial charge in [-0.15, -0.1) is 33.8 Å². The van der Waals surface area contributed by atoms with Crippen molar-refractivity contribution in [1.82, 2.24) is 0 Å². The zero-order chi connectivity index (χ0) is 32.0. The van der Waals surface area contributed by atoms with Gasteiger partial charge in [0.2, 0.25) is 0 Å². The molecule has 1 fully saturated rings. The highest BCUT2D eigenvalue weighted by atomic mass is 35.5. The third-order valence-corrected chi connectivity index (χ3v) is 17.8. The van der Waals surface area contributed by atoms with Gasteiger partial charge >= 0.3 is 0 Å². The highest BCUT2D eigenvalue weighted by Crippen LogP contribution is 2.68. The summed E-state index contributed by atoms with van der Waals surface area (Å²) in [6.45, 7) is 41.3. The van der Waals surface area contributed by atoms with Gasteiger partial charge < -0.3 is 0 Å². The van der Waals surface area contributed by atoms with Gasteiger partial charge in [0.15, 0.2) is 0 Å². The van der Waals surface area contributed by atoms with E-state index < -0.39 is 58.4 Å². The number of alkyl halides is 1. The molecule has 0 saturated heterocycles. The average molecular weight is 678 g/mol. The monoisotopic (exact) mass is 676 g/mol. The summed E-state index contributed by atoms with van der Waals surface area (Å²) in [5.41, 5.74) is 16.8. The van der Waals surface area contributed by atoms with Crippen LogP contribution in [0.25, 0.3) is 0 Å². The van der Waals surface area contributed by atoms with Crippen molar-refractivity contribution in [2.45, 2.75) is 122 Å². The van der Waals surface area contributed by atoms with Crippen molar-refractivity contribution in [2.24, 2.45) is 5.41 Å². The molecule has 0 N–H and O–H groups in total. The van der Waals surface area contributed by atoms with Crippen molar-refractivity contribution in [3.05, 3.63) is 21.4 Å². The minimum absolute atomic E-state index is 0.786. The number of rotatable bonds is 2. The Morgan fingerprint density at radius 2 is 0.850 bits per heavy atom. The van der Waals surface area contributed by atoms with E-state index in [0.29, 0.717) is 0 Å². The van der Waals surface area contributed by atoms with Gasteiger partial charge in [-0.25, -0.2) is 0 Å². The van der Waals surface area contributed by atoms with Crippen LogP contribution in [0, 0.1) is 51.3 Å². The summed E-state index contributed by atoms with van der Waals surface area (Å²) in [6.07, 6.45) is 0. The van der Waals surface area contributed by atoms with Gasteiger partial charge in [0, 0.05) is 15.8 Å². The molecule has 40 heavy (non-hydrogen) atoms. The largest absolute Gasteiger partial charge is 0.137 e. The van der Waals surface area contributed by atoms with Crippen molar-refractivity contribution in [3.8, 4) is 45.9 Å². The van der Waals surface area contributed by atoms with Crippen LogP contribution in [0.5, 0.6) is 0 Å². The van der Waals surface area contributed by atoms with Crippen LogP contribution >= 0.6 is 23.2 Å². The summed E-state index contributed by atoms with van der Waals surface area (Å²) >= 11 is 15.7. The van der Waals surface area contributed by atoms with Gasteiger partial charge in [-0.2, -0.15) is 0 Å². The third-order valence-electron chi connectivity index (χ3n) is 6.02. The lowest BCUT2D eigenvalue weighted by molar-refractivity contribution is 0.488. The van der Waals surface area contributed by atoms with Crippen LogP contribution in [-0.4, -0.2) is 52.9 Å². The van der Waals surface area contributed by atoms with E-state index in [1.165, 1.54) is 0 Å². The quantitative estimate of drug-likeness (QED) is 0.155. The van der Waals surface area contributed by atoms with Gasteiger partial charge in [-0.05, 0) is 0 Å². The predicted octanol–water partition coefficient (Wildman–Crippen LogP) is 10.0. The highest BCUT2D eigenvalue weighted by Gasteiger charge is 2.72. The predicted molar refractivity (Wildman–Crippen MR) is 202 cm³/mol. The van der Waals surface area contributed by atoms with Crippen LogP contribution in [0.3, 0.4) is 0 Å². The Morgan fingerprint density at radius 3 is 1.10 bits per heavy atom. The summed E-state index contributed by atoms with van der Waals surface area (Å²) in [6, 6.07) is 0. The number of allylic oxidation sites excluding steroid dienone is 3. The summed E-state index contributed by atoms with van der Waals surface area (Å²) in [7, 11) is -11.1. The van der Waals surface area contributed by atoms with Crippen LogP contribution in [0.1, 0.15) is 0 Å². The Bertz CT molecular complexity index is 1260. The molecule has 0 aromatic rings. The molecular formula is C32H54Cl2Si6. The molecule has 0 aliphatic heterocycles. The Hall–Kier alpha value is -0.399. The molecule has 0 aromatic carbocycles. The first-order chi connectivity index (χ1) is 17.4. The van der Waals surface area contributed by atoms with E-state index in [2.05, 4.69) is 164 Å². The molecule has 1 saturated carbocycles. The molecule has 0 spiro atoms. The zero-order valence-electron chi connectivity index (χ0n) is 28.8. The maximum Gasteiger partial charge on any atom is 0.137 e. The van der Waals surface area contributed by atoms with Crippen molar-refractivity contribution in [3.63, 3.8) is 0 Å². The molecule has 0 bridgehead atoms. The minimum atomic E-state index is -2.21. The zero-order valence-corrected chi connectivity index (χ0v) is 36.3. The average Bonchev–Trinajstić information content (AvgIpc) is 2.67. The molecule has 0 nitrogen and oxygen atoms in total. The van der Waals surface area contributed by atoms with Crippen LogP contribution in [0.15, 0.2) is 21.4 Å². The topological polar surface area (TPSA) is 0 Å². The van der Waals surface area contributed by atoms with Gasteiger partial charge in [0.1, 0.15) is 37.7 Å². The Morgan fingerprint density at radius 1 is 0.525 bits per heavy atom. The summed E-state index contributed by atoms with van der Waals surface area (Å²) < 4.78 is 0.125. The molecule has 1 rings (SSSR count). The summed E-state index contributed by atoms with van der Waals surface area (Å²) in [5, 5.41) is 0. The lowest BCUT2D eigenvalue weighted by Crippen LogP contribution is -2.69. The normalized spacial score (nSPS) is 20.8. The lowest BCUT2D eigenvalue weighted by atomic mass is 9.60. The van der Waals surface area contributed by atoms with Gasteiger partial charge in [-0.1, -0.05) is 153 Å². The first-order valence-electron chi connectivity index (χ1n) is 14.4. The molecule has 220 valence electrons. The van der Waals surface area contributed by atoms with E-state index in [1.54, 1.807) is 0 Å². The van der Waals surface area contributed by atoms with Gasteiger partial charge in [0.25, 0.3) is 0 Å². The molecular weight excluding hydrogens is 624 g/mol. The first-order valence-corrected chi connectivity index (χ1v) is 36.1. The van der Waals surface area contributed by atoms with Gasteiger partial charge in [-0.3, -0.25) is 0 Å². The minimum Gasteiger partial charge on any atom is -0.130 e. The fraction of sp³-hybridized carbons (Fsp3) is 0.625. The van der Waals surface area contributed by atoms with Crippen LogP contribution < -0.4 is 0 Å². The van der Waals surface area contributed by atoms with Crippen molar-refractivity contribution >= 4 is 71.6 Å². The van der Waals surface area contributed by atoms with Crippen LogP contribution in [0.4, 0.5) is 0 Å². The third kappa shape index (κ3) is 9.30. The smallest absolute Gasteiger partial charge is 0.130 e. The fourth-order valence-electron chi connectivity index (χ4n) is 4.09. The number of halogens is 2. The molecule has 0 aromatic heterocycles. The second kappa shape index (κ2) is 11.9. The molecule has 1 aliphatic rings. The van der Waals surface area contributed by atoms with Crippen molar-refractivity contribution in [1.29, 1.82) is 0 Å². The number of hydrogen-bond donors (Lipinski definition) is 0. The second-order valence-corrected chi connectivity index (χ2v) is 48.2. The molecule has 0 amide bonds. The Labute approximate surface area is 265 Å². The van der Waals surface area contributed by atoms with Crippen LogP contribution in [-0.2, 0) is 0 Å². The SMILES string of the molecule is C[Si](C)(C)C#CC(C#C[Si](C)(C)C)=C1/C(=C(/Cl)[Si](C)(C)C)C(C#C[Si](C)(C)C)(C#C[Si](C)(C)C)C1(Cl)[Si](C)(C)C. The van der Waals surface area contributed by atoms with E-state index in [4.69, 9.17) is 23.2 Å². The maximum atomic E-state index is 8.15. The summed E-state index contributed by atoms with van der Waals surface area (Å²) in [4.78, 5) is 0. The second-order valence-electron chi connectivity index (χ2n) is 17.3. The van der Waals surface area contributed by atoms with Crippen molar-refractivity contribution < 1.29 is 0 Å². The standard InChI is InChI=1S/C32H54Cl2Si6/c1-35(2,3)23-19-27(20-24-36(4,5)6)28-29(30(33)39(13,14)15)31(21-25-37(7,8)9,22-26-38(10,11)12)32(28,34)40(16,17)18/h1-18H3/b30-29+. The fourth-order valence-corrected chi connectivity index (χ4v) is 10.3. The summed E-state index contributed by atoms with van der Waals surface area (Å²) in [5.74, 6) is 14.8. The Kier molecular flexibility index (Phi) is 11.2. The first kappa shape index (κ1) is 37.6. The molecule has 8 heteroatoms. The molecule has 0 radical (unpaired) electrons. The maximum absolute atomic E-state index is 8.15. The van der Waals surface area contributed by atoms with Crippen molar-refractivity contribution in [2.75, 3.05) is 0 Å². The van der Waals surface area contributed by atoms with E-state index in [9.17, 15) is 0 Å². The number of hydrogen-bond acceptors (Lipinski definition) is 0.